The molecule has 2 aromatic rings. The van der Waals surface area contributed by atoms with Crippen LogP contribution in [0.4, 0.5) is 5.69 Å². The molecule has 1 aliphatic heterocycles. The van der Waals surface area contributed by atoms with Gasteiger partial charge >= 0.3 is 5.69 Å². The molecule has 3 rings (SSSR count). The zero-order chi connectivity index (χ0) is 19.4. The van der Waals surface area contributed by atoms with Gasteiger partial charge in [0.1, 0.15) is 5.82 Å². The summed E-state index contributed by atoms with van der Waals surface area (Å²) in [6, 6.07) is 6.82. The molecule has 1 atom stereocenters. The second kappa shape index (κ2) is 8.20. The van der Waals surface area contributed by atoms with Crippen molar-refractivity contribution in [3.8, 4) is 0 Å². The van der Waals surface area contributed by atoms with E-state index in [0.717, 1.165) is 18.7 Å². The maximum Gasteiger partial charge on any atom is 0.345 e. The molecule has 8 nitrogen and oxygen atoms in total. The predicted octanol–water partition coefficient (Wildman–Crippen LogP) is 1.55. The summed E-state index contributed by atoms with van der Waals surface area (Å²) in [4.78, 5) is 36.1. The molecule has 8 heteroatoms. The van der Waals surface area contributed by atoms with Crippen molar-refractivity contribution < 1.29 is 9.59 Å². The van der Waals surface area contributed by atoms with Gasteiger partial charge in [0.15, 0.2) is 0 Å². The van der Waals surface area contributed by atoms with Gasteiger partial charge in [-0.25, -0.2) is 9.48 Å². The van der Waals surface area contributed by atoms with E-state index in [1.807, 2.05) is 6.92 Å². The summed E-state index contributed by atoms with van der Waals surface area (Å²) < 4.78 is 3.25. The molecule has 2 heterocycles. The molecule has 1 aliphatic rings. The van der Waals surface area contributed by atoms with E-state index in [4.69, 9.17) is 0 Å². The van der Waals surface area contributed by atoms with Gasteiger partial charge in [0.25, 0.3) is 5.91 Å². The minimum atomic E-state index is -0.185. The summed E-state index contributed by atoms with van der Waals surface area (Å²) >= 11 is 0. The van der Waals surface area contributed by atoms with Crippen LogP contribution in [-0.2, 0) is 24.3 Å². The van der Waals surface area contributed by atoms with E-state index in [2.05, 4.69) is 15.7 Å². The third kappa shape index (κ3) is 4.45. The zero-order valence-electron chi connectivity index (χ0n) is 15.7. The average molecular weight is 371 g/mol. The summed E-state index contributed by atoms with van der Waals surface area (Å²) in [7, 11) is 0. The first-order chi connectivity index (χ1) is 13.0. The van der Waals surface area contributed by atoms with Crippen LogP contribution >= 0.6 is 0 Å². The molecule has 0 saturated heterocycles. The van der Waals surface area contributed by atoms with Crippen molar-refractivity contribution in [2.24, 2.45) is 0 Å². The van der Waals surface area contributed by atoms with E-state index in [0.29, 0.717) is 37.2 Å². The van der Waals surface area contributed by atoms with Crippen LogP contribution in [0.15, 0.2) is 29.1 Å². The maximum atomic E-state index is 12.6. The Labute approximate surface area is 157 Å². The molecule has 144 valence electrons. The molecule has 1 aromatic heterocycles. The van der Waals surface area contributed by atoms with Crippen molar-refractivity contribution in [3.63, 3.8) is 0 Å². The van der Waals surface area contributed by atoms with Crippen LogP contribution in [0.1, 0.15) is 49.3 Å². The van der Waals surface area contributed by atoms with Crippen molar-refractivity contribution in [3.05, 3.63) is 46.1 Å². The quantitative estimate of drug-likeness (QED) is 0.833. The maximum absolute atomic E-state index is 12.6. The third-order valence-corrected chi connectivity index (χ3v) is 4.63. The molecule has 0 spiro atoms. The predicted molar refractivity (Wildman–Crippen MR) is 102 cm³/mol. The van der Waals surface area contributed by atoms with Crippen LogP contribution in [0.5, 0.6) is 0 Å². The highest BCUT2D eigenvalue weighted by Gasteiger charge is 2.22. The van der Waals surface area contributed by atoms with Crippen molar-refractivity contribution in [1.82, 2.24) is 19.7 Å². The molecule has 0 radical (unpaired) electrons. The summed E-state index contributed by atoms with van der Waals surface area (Å²) in [5.41, 5.74) is 1.02. The van der Waals surface area contributed by atoms with E-state index in [9.17, 15) is 14.4 Å². The summed E-state index contributed by atoms with van der Waals surface area (Å²) in [6.45, 7) is 4.62. The lowest BCUT2D eigenvalue weighted by atomic mass is 10.1. The number of nitrogens with one attached hydrogen (secondary N) is 2. The van der Waals surface area contributed by atoms with Gasteiger partial charge in [0.05, 0.1) is 0 Å². The minimum absolute atomic E-state index is 0.0253. The lowest BCUT2D eigenvalue weighted by molar-refractivity contribution is -0.114. The number of aryl methyl sites for hydroxylation is 2. The molecule has 27 heavy (non-hydrogen) atoms. The van der Waals surface area contributed by atoms with Gasteiger partial charge < -0.3 is 10.6 Å². The van der Waals surface area contributed by atoms with Crippen LogP contribution in [-0.4, -0.2) is 32.2 Å². The number of rotatable bonds is 5. The third-order valence-electron chi connectivity index (χ3n) is 4.63. The molecule has 0 saturated carbocycles. The number of hydrogen-bond donors (Lipinski definition) is 2. The number of hydrogen-bond acceptors (Lipinski definition) is 4. The van der Waals surface area contributed by atoms with Crippen LogP contribution in [0.2, 0.25) is 0 Å². The first-order valence-electron chi connectivity index (χ1n) is 9.33. The fourth-order valence-electron chi connectivity index (χ4n) is 3.34. The number of anilines is 1. The number of aromatic nitrogens is 3. The normalized spacial score (nSPS) is 16.3. The standard InChI is InChI=1S/C19H25N5O3/c1-3-10-24-19(27)23-11-9-15(7-8-17(23)22-24)21-18(26)14-5-4-6-16(12-14)20-13(2)25/h4-6,12,15H,3,7-11H2,1-2H3,(H,20,25)(H,21,26). The number of nitrogens with zero attached hydrogens (tertiary/aromatic N) is 3. The molecule has 0 aliphatic carbocycles. The molecule has 1 aromatic carbocycles. The Morgan fingerprint density at radius 2 is 2.11 bits per heavy atom. The van der Waals surface area contributed by atoms with Crippen molar-refractivity contribution in [1.29, 1.82) is 0 Å². The number of fused-ring (bicyclic) bond motifs is 1. The van der Waals surface area contributed by atoms with Crippen molar-refractivity contribution in [2.45, 2.75) is 58.7 Å². The Morgan fingerprint density at radius 1 is 1.30 bits per heavy atom. The molecule has 0 fully saturated rings. The Bertz CT molecular complexity index is 899. The van der Waals surface area contributed by atoms with Crippen LogP contribution in [0, 0.1) is 0 Å². The molecule has 1 unspecified atom stereocenters. The lowest BCUT2D eigenvalue weighted by Crippen LogP contribution is -2.35. The zero-order valence-corrected chi connectivity index (χ0v) is 15.7. The van der Waals surface area contributed by atoms with Gasteiger partial charge in [0, 0.05) is 43.7 Å². The Hall–Kier alpha value is -2.90. The van der Waals surface area contributed by atoms with E-state index in [-0.39, 0.29) is 23.5 Å². The first kappa shape index (κ1) is 18.9. The lowest BCUT2D eigenvalue weighted by Gasteiger charge is -2.16. The number of amides is 2. The largest absolute Gasteiger partial charge is 0.349 e. The van der Waals surface area contributed by atoms with Gasteiger partial charge in [-0.05, 0) is 37.5 Å². The van der Waals surface area contributed by atoms with E-state index in [1.165, 1.54) is 11.6 Å². The van der Waals surface area contributed by atoms with Crippen LogP contribution < -0.4 is 16.3 Å². The molecule has 0 bridgehead atoms. The molecule has 2 amide bonds. The van der Waals surface area contributed by atoms with Crippen molar-refractivity contribution in [2.75, 3.05) is 5.32 Å². The number of carbonyl (C=O) groups is 2. The summed E-state index contributed by atoms with van der Waals surface area (Å²) in [6.07, 6.45) is 2.94. The number of benzene rings is 1. The van der Waals surface area contributed by atoms with Gasteiger partial charge in [-0.1, -0.05) is 13.0 Å². The fraction of sp³-hybridized carbons (Fsp3) is 0.474. The molecule has 2 N–H and O–H groups in total. The van der Waals surface area contributed by atoms with Crippen LogP contribution in [0.3, 0.4) is 0 Å². The highest BCUT2D eigenvalue weighted by Crippen LogP contribution is 2.15. The van der Waals surface area contributed by atoms with Crippen molar-refractivity contribution >= 4 is 17.5 Å². The summed E-state index contributed by atoms with van der Waals surface area (Å²) in [5, 5.41) is 10.1. The van der Waals surface area contributed by atoms with E-state index in [1.54, 1.807) is 28.8 Å². The minimum Gasteiger partial charge on any atom is -0.349 e. The Morgan fingerprint density at radius 3 is 2.85 bits per heavy atom. The monoisotopic (exact) mass is 371 g/mol. The van der Waals surface area contributed by atoms with Crippen LogP contribution in [0.25, 0.3) is 0 Å². The Balaban J connectivity index is 1.65. The highest BCUT2D eigenvalue weighted by molar-refractivity contribution is 5.96. The fourth-order valence-corrected chi connectivity index (χ4v) is 3.34. The SMILES string of the molecule is CCCn1nc2n(c1=O)CCC(NC(=O)c1cccc(NC(C)=O)c1)CC2. The van der Waals surface area contributed by atoms with E-state index >= 15 is 0 Å². The second-order valence-corrected chi connectivity index (χ2v) is 6.83. The topological polar surface area (TPSA) is 98.0 Å². The van der Waals surface area contributed by atoms with Gasteiger partial charge in [-0.15, -0.1) is 0 Å². The average Bonchev–Trinajstić information content (AvgIpc) is 2.79. The molecular formula is C19H25N5O3. The number of carbonyl (C=O) groups excluding carboxylic acids is 2. The highest BCUT2D eigenvalue weighted by atomic mass is 16.2. The van der Waals surface area contributed by atoms with E-state index < -0.39 is 0 Å². The Kier molecular flexibility index (Phi) is 5.73. The van der Waals surface area contributed by atoms with Gasteiger partial charge in [-0.2, -0.15) is 5.10 Å². The summed E-state index contributed by atoms with van der Waals surface area (Å²) in [5.74, 6) is 0.424. The van der Waals surface area contributed by atoms with Gasteiger partial charge in [-0.3, -0.25) is 14.2 Å². The first-order valence-corrected chi connectivity index (χ1v) is 9.33. The molecular weight excluding hydrogens is 346 g/mol. The van der Waals surface area contributed by atoms with Gasteiger partial charge in [0.2, 0.25) is 5.91 Å². The smallest absolute Gasteiger partial charge is 0.345 e. The second-order valence-electron chi connectivity index (χ2n) is 6.83.